The molecule has 1 atom stereocenters. The normalized spacial score (nSPS) is 18.5. The molecule has 2 rings (SSSR count). The van der Waals surface area contributed by atoms with Crippen molar-refractivity contribution in [3.63, 3.8) is 0 Å². The van der Waals surface area contributed by atoms with Crippen molar-refractivity contribution < 1.29 is 9.90 Å². The van der Waals surface area contributed by atoms with Crippen molar-refractivity contribution >= 4 is 29.1 Å². The number of thiophene rings is 1. The van der Waals surface area contributed by atoms with Crippen LogP contribution in [-0.4, -0.2) is 28.4 Å². The average molecular weight is 285 g/mol. The van der Waals surface area contributed by atoms with E-state index < -0.39 is 11.5 Å². The minimum atomic E-state index is -0.753. The molecule has 1 unspecified atom stereocenters. The molecule has 1 aliphatic rings. The fourth-order valence-electron chi connectivity index (χ4n) is 1.86. The molecule has 1 aromatic rings. The maximum absolute atomic E-state index is 11.3. The summed E-state index contributed by atoms with van der Waals surface area (Å²) in [7, 11) is 0. The van der Waals surface area contributed by atoms with Crippen molar-refractivity contribution in [1.82, 2.24) is 5.32 Å². The van der Waals surface area contributed by atoms with Gasteiger partial charge in [-0.15, -0.1) is 23.1 Å². The monoisotopic (exact) mass is 285 g/mol. The van der Waals surface area contributed by atoms with Gasteiger partial charge in [0.1, 0.15) is 5.54 Å². The van der Waals surface area contributed by atoms with E-state index in [0.29, 0.717) is 12.5 Å². The Morgan fingerprint density at radius 3 is 3.00 bits per heavy atom. The van der Waals surface area contributed by atoms with Gasteiger partial charge in [0.05, 0.1) is 4.21 Å². The molecule has 0 spiro atoms. The summed E-state index contributed by atoms with van der Waals surface area (Å²) in [5.41, 5.74) is -0.753. The van der Waals surface area contributed by atoms with E-state index >= 15 is 0 Å². The highest BCUT2D eigenvalue weighted by atomic mass is 32.2. The van der Waals surface area contributed by atoms with Crippen LogP contribution in [0, 0.1) is 0 Å². The molecule has 1 aliphatic carbocycles. The van der Waals surface area contributed by atoms with Gasteiger partial charge in [-0.1, -0.05) is 6.07 Å². The lowest BCUT2D eigenvalue weighted by molar-refractivity contribution is -0.144. The molecule has 0 radical (unpaired) electrons. The largest absolute Gasteiger partial charge is 0.480 e. The van der Waals surface area contributed by atoms with Gasteiger partial charge in [0.15, 0.2) is 0 Å². The Morgan fingerprint density at radius 1 is 1.67 bits per heavy atom. The van der Waals surface area contributed by atoms with E-state index in [4.69, 9.17) is 0 Å². The molecule has 0 saturated heterocycles. The molecule has 0 amide bonds. The number of aliphatic carboxylic acids is 1. The van der Waals surface area contributed by atoms with E-state index in [0.717, 1.165) is 25.0 Å². The molecule has 1 fully saturated rings. The fraction of sp³-hybridized carbons (Fsp3) is 0.615. The Labute approximate surface area is 116 Å². The Balaban J connectivity index is 1.73. The van der Waals surface area contributed by atoms with Gasteiger partial charge in [-0.3, -0.25) is 10.1 Å². The van der Waals surface area contributed by atoms with Gasteiger partial charge in [0.2, 0.25) is 0 Å². The van der Waals surface area contributed by atoms with Crippen molar-refractivity contribution in [2.45, 2.75) is 48.4 Å². The highest BCUT2D eigenvalue weighted by Gasteiger charge is 2.37. The summed E-state index contributed by atoms with van der Waals surface area (Å²) >= 11 is 3.55. The van der Waals surface area contributed by atoms with E-state index in [1.165, 1.54) is 4.21 Å². The first-order valence-electron chi connectivity index (χ1n) is 6.27. The molecule has 18 heavy (non-hydrogen) atoms. The van der Waals surface area contributed by atoms with Gasteiger partial charge < -0.3 is 5.11 Å². The summed E-state index contributed by atoms with van der Waals surface area (Å²) in [6.45, 7) is 1.81. The first-order valence-corrected chi connectivity index (χ1v) is 8.14. The molecule has 1 saturated carbocycles. The van der Waals surface area contributed by atoms with Crippen molar-refractivity contribution in [3.05, 3.63) is 17.5 Å². The Morgan fingerprint density at radius 2 is 2.44 bits per heavy atom. The molecule has 3 nitrogen and oxygen atoms in total. The quantitative estimate of drug-likeness (QED) is 0.569. The molecular weight excluding hydrogens is 266 g/mol. The van der Waals surface area contributed by atoms with Crippen molar-refractivity contribution in [3.8, 4) is 0 Å². The van der Waals surface area contributed by atoms with Crippen LogP contribution in [0.1, 0.15) is 32.6 Å². The van der Waals surface area contributed by atoms with Gasteiger partial charge in [0, 0.05) is 6.04 Å². The number of carbonyl (C=O) groups is 1. The van der Waals surface area contributed by atoms with Gasteiger partial charge >= 0.3 is 5.97 Å². The first-order chi connectivity index (χ1) is 8.60. The van der Waals surface area contributed by atoms with Gasteiger partial charge in [-0.05, 0) is 49.8 Å². The molecule has 100 valence electrons. The number of rotatable bonds is 8. The molecule has 1 heterocycles. The molecular formula is C13H19NO2S2. The summed E-state index contributed by atoms with van der Waals surface area (Å²) < 4.78 is 1.31. The Kier molecular flexibility index (Phi) is 4.70. The maximum atomic E-state index is 11.3. The molecule has 2 N–H and O–H groups in total. The van der Waals surface area contributed by atoms with Crippen LogP contribution >= 0.6 is 23.1 Å². The number of thioether (sulfide) groups is 1. The minimum Gasteiger partial charge on any atom is -0.480 e. The second-order valence-corrected chi connectivity index (χ2v) is 7.28. The van der Waals surface area contributed by atoms with Gasteiger partial charge in [-0.2, -0.15) is 0 Å². The van der Waals surface area contributed by atoms with Crippen molar-refractivity contribution in [2.24, 2.45) is 0 Å². The second kappa shape index (κ2) is 6.08. The molecule has 0 aliphatic heterocycles. The summed E-state index contributed by atoms with van der Waals surface area (Å²) in [5, 5.41) is 14.6. The van der Waals surface area contributed by atoms with E-state index in [-0.39, 0.29) is 0 Å². The third kappa shape index (κ3) is 4.00. The third-order valence-electron chi connectivity index (χ3n) is 3.13. The van der Waals surface area contributed by atoms with Crippen molar-refractivity contribution in [2.75, 3.05) is 5.75 Å². The standard InChI is InChI=1S/C13H19NO2S2/c1-13(12(15)16,14-10-5-6-10)7-3-9-18-11-4-2-8-17-11/h2,4,8,10,14H,3,5-7,9H2,1H3,(H,15,16). The third-order valence-corrected chi connectivity index (χ3v) is 5.35. The van der Waals surface area contributed by atoms with E-state index in [1.807, 2.05) is 24.8 Å². The van der Waals surface area contributed by atoms with Crippen LogP contribution in [0.2, 0.25) is 0 Å². The van der Waals surface area contributed by atoms with Crippen LogP contribution in [0.5, 0.6) is 0 Å². The van der Waals surface area contributed by atoms with Crippen LogP contribution < -0.4 is 5.32 Å². The highest BCUT2D eigenvalue weighted by Crippen LogP contribution is 2.28. The summed E-state index contributed by atoms with van der Waals surface area (Å²) in [4.78, 5) is 11.3. The van der Waals surface area contributed by atoms with E-state index in [1.54, 1.807) is 11.3 Å². The lowest BCUT2D eigenvalue weighted by atomic mass is 9.96. The first kappa shape index (κ1) is 13.9. The van der Waals surface area contributed by atoms with Gasteiger partial charge in [0.25, 0.3) is 0 Å². The topological polar surface area (TPSA) is 49.3 Å². The van der Waals surface area contributed by atoms with E-state index in [9.17, 15) is 9.90 Å². The second-order valence-electron chi connectivity index (χ2n) is 4.94. The van der Waals surface area contributed by atoms with Crippen LogP contribution in [0.3, 0.4) is 0 Å². The summed E-state index contributed by atoms with van der Waals surface area (Å²) in [6, 6.07) is 4.58. The highest BCUT2D eigenvalue weighted by molar-refractivity contribution is 8.01. The smallest absolute Gasteiger partial charge is 0.323 e. The predicted octanol–water partition coefficient (Wildman–Crippen LogP) is 3.22. The number of nitrogens with one attached hydrogen (secondary N) is 1. The fourth-order valence-corrected chi connectivity index (χ4v) is 3.67. The van der Waals surface area contributed by atoms with E-state index in [2.05, 4.69) is 16.8 Å². The number of carboxylic acid groups (broad SMARTS) is 1. The van der Waals surface area contributed by atoms with Crippen molar-refractivity contribution in [1.29, 1.82) is 0 Å². The van der Waals surface area contributed by atoms with Crippen LogP contribution in [-0.2, 0) is 4.79 Å². The Hall–Kier alpha value is -0.520. The molecule has 0 aromatic carbocycles. The molecule has 1 aromatic heterocycles. The zero-order valence-corrected chi connectivity index (χ0v) is 12.1. The lowest BCUT2D eigenvalue weighted by Gasteiger charge is -2.26. The van der Waals surface area contributed by atoms with Crippen LogP contribution in [0.15, 0.2) is 21.7 Å². The lowest BCUT2D eigenvalue weighted by Crippen LogP contribution is -2.50. The average Bonchev–Trinajstić information content (AvgIpc) is 2.97. The van der Waals surface area contributed by atoms with Crippen LogP contribution in [0.25, 0.3) is 0 Å². The molecule has 5 heteroatoms. The minimum absolute atomic E-state index is 0.427. The van der Waals surface area contributed by atoms with Gasteiger partial charge in [-0.25, -0.2) is 0 Å². The summed E-state index contributed by atoms with van der Waals surface area (Å²) in [6.07, 6.45) is 3.85. The number of hydrogen-bond donors (Lipinski definition) is 2. The predicted molar refractivity (Wildman–Crippen MR) is 76.5 cm³/mol. The zero-order valence-electron chi connectivity index (χ0n) is 10.5. The maximum Gasteiger partial charge on any atom is 0.323 e. The molecule has 0 bridgehead atoms. The Bertz CT molecular complexity index is 390. The number of carboxylic acids is 1. The number of hydrogen-bond acceptors (Lipinski definition) is 4. The zero-order chi connectivity index (χ0) is 13.0. The summed E-state index contributed by atoms with van der Waals surface area (Å²) in [5.74, 6) is 0.256. The van der Waals surface area contributed by atoms with Crippen LogP contribution in [0.4, 0.5) is 0 Å². The SMILES string of the molecule is CC(CCCSc1cccs1)(NC1CC1)C(=O)O.